The van der Waals surface area contributed by atoms with Gasteiger partial charge in [-0.15, -0.1) is 0 Å². The zero-order chi connectivity index (χ0) is 12.4. The van der Waals surface area contributed by atoms with Crippen molar-refractivity contribution in [1.29, 1.82) is 0 Å². The number of nitrogens with two attached hydrogens (primary N) is 2. The first-order chi connectivity index (χ1) is 8.08. The van der Waals surface area contributed by atoms with E-state index in [0.717, 1.165) is 37.8 Å². The summed E-state index contributed by atoms with van der Waals surface area (Å²) in [5.74, 6) is -0.663. The lowest BCUT2D eigenvalue weighted by molar-refractivity contribution is 0.281. The topological polar surface area (TPSA) is 52.0 Å². The van der Waals surface area contributed by atoms with Crippen LogP contribution < -0.4 is 11.5 Å². The van der Waals surface area contributed by atoms with Crippen molar-refractivity contribution in [1.82, 2.24) is 0 Å². The highest BCUT2D eigenvalue weighted by molar-refractivity contribution is 5.22. The molecule has 1 aliphatic carbocycles. The summed E-state index contributed by atoms with van der Waals surface area (Å²) < 4.78 is 26.7. The maximum Gasteiger partial charge on any atom is 0.128 e. The van der Waals surface area contributed by atoms with E-state index in [4.69, 9.17) is 11.5 Å². The van der Waals surface area contributed by atoms with E-state index >= 15 is 0 Å². The van der Waals surface area contributed by atoms with Gasteiger partial charge in [-0.25, -0.2) is 8.78 Å². The average Bonchev–Trinajstić information content (AvgIpc) is 2.32. The summed E-state index contributed by atoms with van der Waals surface area (Å²) in [6.07, 6.45) is 3.60. The van der Waals surface area contributed by atoms with Gasteiger partial charge in [-0.05, 0) is 49.8 Å². The van der Waals surface area contributed by atoms with Gasteiger partial charge in [0.15, 0.2) is 0 Å². The van der Waals surface area contributed by atoms with E-state index in [1.165, 1.54) is 6.07 Å². The molecule has 1 atom stereocenters. The van der Waals surface area contributed by atoms with Crippen molar-refractivity contribution in [2.24, 2.45) is 17.4 Å². The highest BCUT2D eigenvalue weighted by atomic mass is 19.1. The molecule has 1 fully saturated rings. The summed E-state index contributed by atoms with van der Waals surface area (Å²) in [5, 5.41) is 0. The van der Waals surface area contributed by atoms with Gasteiger partial charge in [-0.3, -0.25) is 0 Å². The molecule has 4 N–H and O–H groups in total. The largest absolute Gasteiger partial charge is 0.328 e. The summed E-state index contributed by atoms with van der Waals surface area (Å²) in [5.41, 5.74) is 12.1. The Morgan fingerprint density at radius 3 is 2.41 bits per heavy atom. The summed E-state index contributed by atoms with van der Waals surface area (Å²) >= 11 is 0. The smallest absolute Gasteiger partial charge is 0.128 e. The lowest BCUT2D eigenvalue weighted by Gasteiger charge is -2.30. The Hall–Kier alpha value is -1.00. The molecule has 0 heterocycles. The molecular formula is C13H18F2N2. The summed E-state index contributed by atoms with van der Waals surface area (Å²) in [6.45, 7) is 0. The van der Waals surface area contributed by atoms with Gasteiger partial charge in [0.2, 0.25) is 0 Å². The third-order valence-electron chi connectivity index (χ3n) is 3.64. The van der Waals surface area contributed by atoms with E-state index in [1.54, 1.807) is 0 Å². The Morgan fingerprint density at radius 2 is 1.76 bits per heavy atom. The van der Waals surface area contributed by atoms with Crippen LogP contribution in [0.3, 0.4) is 0 Å². The second-order valence-corrected chi connectivity index (χ2v) is 4.87. The van der Waals surface area contributed by atoms with Crippen LogP contribution in [0.1, 0.15) is 37.3 Å². The zero-order valence-electron chi connectivity index (χ0n) is 9.70. The van der Waals surface area contributed by atoms with Gasteiger partial charge in [0, 0.05) is 17.6 Å². The molecule has 94 valence electrons. The Kier molecular flexibility index (Phi) is 3.74. The van der Waals surface area contributed by atoms with Crippen LogP contribution in [-0.4, -0.2) is 6.04 Å². The lowest BCUT2D eigenvalue weighted by Crippen LogP contribution is -2.32. The van der Waals surface area contributed by atoms with Crippen LogP contribution in [0, 0.1) is 17.6 Å². The minimum absolute atomic E-state index is 0.200. The van der Waals surface area contributed by atoms with Crippen LogP contribution in [0.4, 0.5) is 8.78 Å². The minimum atomic E-state index is -0.440. The molecule has 0 aliphatic heterocycles. The quantitative estimate of drug-likeness (QED) is 0.834. The molecule has 1 aromatic carbocycles. The molecule has 1 aromatic rings. The maximum atomic E-state index is 13.6. The fourth-order valence-corrected chi connectivity index (χ4v) is 2.53. The van der Waals surface area contributed by atoms with Crippen LogP contribution in [0.2, 0.25) is 0 Å². The van der Waals surface area contributed by atoms with E-state index < -0.39 is 17.7 Å². The van der Waals surface area contributed by atoms with E-state index in [9.17, 15) is 8.78 Å². The van der Waals surface area contributed by atoms with Gasteiger partial charge in [0.25, 0.3) is 0 Å². The Labute approximate surface area is 100.0 Å². The van der Waals surface area contributed by atoms with E-state index in [1.807, 2.05) is 0 Å². The number of rotatable bonds is 2. The van der Waals surface area contributed by atoms with Crippen molar-refractivity contribution < 1.29 is 8.78 Å². The number of hydrogen-bond acceptors (Lipinski definition) is 2. The van der Waals surface area contributed by atoms with E-state index in [-0.39, 0.29) is 17.5 Å². The fraction of sp³-hybridized carbons (Fsp3) is 0.538. The predicted octanol–water partition coefficient (Wildman–Crippen LogP) is 2.48. The summed E-state index contributed by atoms with van der Waals surface area (Å²) in [7, 11) is 0. The van der Waals surface area contributed by atoms with Crippen molar-refractivity contribution in [3.63, 3.8) is 0 Å². The molecule has 0 radical (unpaired) electrons. The fourth-order valence-electron chi connectivity index (χ4n) is 2.53. The highest BCUT2D eigenvalue weighted by Crippen LogP contribution is 2.33. The lowest BCUT2D eigenvalue weighted by atomic mass is 9.80. The Balaban J connectivity index is 2.13. The molecule has 0 amide bonds. The van der Waals surface area contributed by atoms with Crippen LogP contribution in [-0.2, 0) is 0 Å². The summed E-state index contributed by atoms with van der Waals surface area (Å²) in [6, 6.07) is 3.25. The predicted molar refractivity (Wildman–Crippen MR) is 63.2 cm³/mol. The summed E-state index contributed by atoms with van der Waals surface area (Å²) in [4.78, 5) is 0. The van der Waals surface area contributed by atoms with Gasteiger partial charge in [-0.2, -0.15) is 0 Å². The molecule has 0 spiro atoms. The molecule has 17 heavy (non-hydrogen) atoms. The number of hydrogen-bond donors (Lipinski definition) is 2. The third kappa shape index (κ3) is 2.82. The number of benzene rings is 1. The van der Waals surface area contributed by atoms with E-state index in [2.05, 4.69) is 0 Å². The Morgan fingerprint density at radius 1 is 1.12 bits per heavy atom. The Bertz CT molecular complexity index is 387. The molecule has 1 saturated carbocycles. The zero-order valence-corrected chi connectivity index (χ0v) is 9.70. The standard InChI is InChI=1S/C13H18F2N2/c14-9-3-6-12(15)11(7-9)13(17)8-1-4-10(16)5-2-8/h3,6-8,10,13H,1-2,4-5,16-17H2. The van der Waals surface area contributed by atoms with Gasteiger partial charge in [0.1, 0.15) is 11.6 Å². The molecule has 0 aromatic heterocycles. The maximum absolute atomic E-state index is 13.6. The number of halogens is 2. The molecule has 0 bridgehead atoms. The second kappa shape index (κ2) is 5.10. The highest BCUT2D eigenvalue weighted by Gasteiger charge is 2.26. The van der Waals surface area contributed by atoms with Crippen molar-refractivity contribution >= 4 is 0 Å². The molecule has 1 unspecified atom stereocenters. The molecule has 4 heteroatoms. The van der Waals surface area contributed by atoms with Crippen molar-refractivity contribution in [2.75, 3.05) is 0 Å². The normalized spacial score (nSPS) is 26.8. The van der Waals surface area contributed by atoms with Crippen LogP contribution in [0.25, 0.3) is 0 Å². The van der Waals surface area contributed by atoms with E-state index in [0.29, 0.717) is 0 Å². The molecule has 0 saturated heterocycles. The van der Waals surface area contributed by atoms with Gasteiger partial charge >= 0.3 is 0 Å². The first kappa shape index (κ1) is 12.5. The first-order valence-electron chi connectivity index (χ1n) is 6.04. The first-order valence-corrected chi connectivity index (χ1v) is 6.04. The van der Waals surface area contributed by atoms with Crippen LogP contribution in [0.15, 0.2) is 18.2 Å². The third-order valence-corrected chi connectivity index (χ3v) is 3.64. The van der Waals surface area contributed by atoms with Crippen LogP contribution >= 0.6 is 0 Å². The van der Waals surface area contributed by atoms with Gasteiger partial charge in [0.05, 0.1) is 0 Å². The SMILES string of the molecule is NC1CCC(C(N)c2cc(F)ccc2F)CC1. The molecular weight excluding hydrogens is 222 g/mol. The van der Waals surface area contributed by atoms with Crippen LogP contribution in [0.5, 0.6) is 0 Å². The van der Waals surface area contributed by atoms with Crippen molar-refractivity contribution in [3.05, 3.63) is 35.4 Å². The minimum Gasteiger partial charge on any atom is -0.328 e. The van der Waals surface area contributed by atoms with Gasteiger partial charge < -0.3 is 11.5 Å². The molecule has 2 nitrogen and oxygen atoms in total. The van der Waals surface area contributed by atoms with Gasteiger partial charge in [-0.1, -0.05) is 0 Å². The average molecular weight is 240 g/mol. The second-order valence-electron chi connectivity index (χ2n) is 4.87. The molecule has 2 rings (SSSR count). The monoisotopic (exact) mass is 240 g/mol. The van der Waals surface area contributed by atoms with Crippen molar-refractivity contribution in [2.45, 2.75) is 37.8 Å². The van der Waals surface area contributed by atoms with Crippen molar-refractivity contribution in [3.8, 4) is 0 Å². The molecule has 1 aliphatic rings.